The molecule has 2 aliphatic rings. The van der Waals surface area contributed by atoms with Crippen LogP contribution in [0.1, 0.15) is 46.8 Å². The van der Waals surface area contributed by atoms with Gasteiger partial charge in [0.05, 0.1) is 23.9 Å². The maximum Gasteiger partial charge on any atom is 0.340 e. The van der Waals surface area contributed by atoms with Gasteiger partial charge in [0, 0.05) is 10.4 Å². The van der Waals surface area contributed by atoms with Gasteiger partial charge in [0.1, 0.15) is 0 Å². The standard InChI is InChI=1S/C21H20BrNO2/c1-2-25-21(24)17-11-6-10-15-13-8-5-9-14(13)19(23-20(15)17)16-7-3-4-12-18(16)22/h3-8,10-14,19,23H,2,9H2,1H3/t13-,14-,19-/m0/s1. The number of hydrogen-bond acceptors (Lipinski definition) is 3. The maximum absolute atomic E-state index is 12.4. The minimum Gasteiger partial charge on any atom is -0.462 e. The lowest BCUT2D eigenvalue weighted by molar-refractivity contribution is 0.0527. The highest BCUT2D eigenvalue weighted by atomic mass is 79.9. The van der Waals surface area contributed by atoms with Gasteiger partial charge in [0.2, 0.25) is 0 Å². The molecule has 128 valence electrons. The Balaban J connectivity index is 1.82. The van der Waals surface area contributed by atoms with Gasteiger partial charge in [-0.05, 0) is 42.5 Å². The summed E-state index contributed by atoms with van der Waals surface area (Å²) in [6, 6.07) is 14.4. The van der Waals surface area contributed by atoms with Crippen molar-refractivity contribution in [1.29, 1.82) is 0 Å². The molecule has 1 aliphatic carbocycles. The molecule has 0 spiro atoms. The minimum atomic E-state index is -0.266. The van der Waals surface area contributed by atoms with E-state index in [1.54, 1.807) is 0 Å². The Labute approximate surface area is 156 Å². The van der Waals surface area contributed by atoms with Crippen molar-refractivity contribution in [1.82, 2.24) is 0 Å². The van der Waals surface area contributed by atoms with Gasteiger partial charge in [-0.1, -0.05) is 58.4 Å². The fourth-order valence-electron chi connectivity index (χ4n) is 4.04. The second-order valence-corrected chi connectivity index (χ2v) is 7.34. The van der Waals surface area contributed by atoms with Crippen molar-refractivity contribution >= 4 is 27.6 Å². The predicted molar refractivity (Wildman–Crippen MR) is 103 cm³/mol. The van der Waals surface area contributed by atoms with Crippen LogP contribution in [0.2, 0.25) is 0 Å². The van der Waals surface area contributed by atoms with Crippen LogP contribution in [0.15, 0.2) is 59.1 Å². The number of allylic oxidation sites excluding steroid dienone is 2. The molecule has 2 aromatic rings. The monoisotopic (exact) mass is 397 g/mol. The zero-order valence-electron chi connectivity index (χ0n) is 14.0. The SMILES string of the molecule is CCOC(=O)c1cccc2c1N[C@H](c1ccccc1Br)[C@H]1CC=C[C@H]21. The first-order chi connectivity index (χ1) is 12.2. The molecule has 4 rings (SSSR count). The average molecular weight is 398 g/mol. The highest BCUT2D eigenvalue weighted by Crippen LogP contribution is 2.51. The summed E-state index contributed by atoms with van der Waals surface area (Å²) in [6.45, 7) is 2.21. The van der Waals surface area contributed by atoms with Gasteiger partial charge in [-0.3, -0.25) is 0 Å². The van der Waals surface area contributed by atoms with Gasteiger partial charge in [0.25, 0.3) is 0 Å². The van der Waals surface area contributed by atoms with Crippen molar-refractivity contribution < 1.29 is 9.53 Å². The Hall–Kier alpha value is -2.07. The van der Waals surface area contributed by atoms with Crippen LogP contribution in [-0.4, -0.2) is 12.6 Å². The largest absolute Gasteiger partial charge is 0.462 e. The molecule has 0 aromatic heterocycles. The number of halogens is 1. The highest BCUT2D eigenvalue weighted by Gasteiger charge is 2.39. The molecule has 3 nitrogen and oxygen atoms in total. The lowest BCUT2D eigenvalue weighted by Crippen LogP contribution is -2.30. The normalized spacial score (nSPS) is 23.5. The molecule has 0 amide bonds. The van der Waals surface area contributed by atoms with Gasteiger partial charge in [0.15, 0.2) is 0 Å². The van der Waals surface area contributed by atoms with Crippen molar-refractivity contribution in [3.05, 3.63) is 75.8 Å². The number of anilines is 1. The van der Waals surface area contributed by atoms with E-state index in [9.17, 15) is 4.79 Å². The fourth-order valence-corrected chi connectivity index (χ4v) is 4.57. The number of esters is 1. The maximum atomic E-state index is 12.4. The summed E-state index contributed by atoms with van der Waals surface area (Å²) in [7, 11) is 0. The van der Waals surface area contributed by atoms with Crippen molar-refractivity contribution in [3.63, 3.8) is 0 Å². The van der Waals surface area contributed by atoms with E-state index < -0.39 is 0 Å². The van der Waals surface area contributed by atoms with E-state index >= 15 is 0 Å². The number of carbonyl (C=O) groups is 1. The van der Waals surface area contributed by atoms with E-state index in [0.29, 0.717) is 24.0 Å². The number of benzene rings is 2. The van der Waals surface area contributed by atoms with Crippen LogP contribution in [0.25, 0.3) is 0 Å². The Kier molecular flexibility index (Phi) is 4.38. The molecule has 0 saturated carbocycles. The lowest BCUT2D eigenvalue weighted by atomic mass is 9.76. The Morgan fingerprint density at radius 2 is 2.00 bits per heavy atom. The van der Waals surface area contributed by atoms with Crippen molar-refractivity contribution in [2.24, 2.45) is 5.92 Å². The first-order valence-corrected chi connectivity index (χ1v) is 9.47. The molecule has 4 heteroatoms. The number of carbonyl (C=O) groups excluding carboxylic acids is 1. The molecule has 1 aliphatic heterocycles. The topological polar surface area (TPSA) is 38.3 Å². The summed E-state index contributed by atoms with van der Waals surface area (Å²) >= 11 is 3.69. The summed E-state index contributed by atoms with van der Waals surface area (Å²) in [5.74, 6) is 0.504. The fraction of sp³-hybridized carbons (Fsp3) is 0.286. The Morgan fingerprint density at radius 3 is 2.80 bits per heavy atom. The summed E-state index contributed by atoms with van der Waals surface area (Å²) in [5, 5.41) is 3.66. The number of hydrogen-bond donors (Lipinski definition) is 1. The van der Waals surface area contributed by atoms with Gasteiger partial charge >= 0.3 is 5.97 Å². The molecule has 0 unspecified atom stereocenters. The van der Waals surface area contributed by atoms with E-state index in [-0.39, 0.29) is 12.0 Å². The third kappa shape index (κ3) is 2.78. The highest BCUT2D eigenvalue weighted by molar-refractivity contribution is 9.10. The molecule has 25 heavy (non-hydrogen) atoms. The van der Waals surface area contributed by atoms with Crippen LogP contribution in [0.3, 0.4) is 0 Å². The first kappa shape index (κ1) is 16.4. The Morgan fingerprint density at radius 1 is 1.20 bits per heavy atom. The summed E-state index contributed by atoms with van der Waals surface area (Å²) in [5.41, 5.74) is 3.95. The van der Waals surface area contributed by atoms with Crippen LogP contribution in [0.4, 0.5) is 5.69 Å². The van der Waals surface area contributed by atoms with Crippen molar-refractivity contribution in [2.75, 3.05) is 11.9 Å². The van der Waals surface area contributed by atoms with Crippen LogP contribution < -0.4 is 5.32 Å². The van der Waals surface area contributed by atoms with Gasteiger partial charge in [-0.2, -0.15) is 0 Å². The van der Waals surface area contributed by atoms with Crippen LogP contribution in [0.5, 0.6) is 0 Å². The smallest absolute Gasteiger partial charge is 0.340 e. The van der Waals surface area contributed by atoms with Crippen LogP contribution in [0, 0.1) is 5.92 Å². The Bertz CT molecular complexity index is 846. The second-order valence-electron chi connectivity index (χ2n) is 6.49. The summed E-state index contributed by atoms with van der Waals surface area (Å²) in [6.07, 6.45) is 5.57. The summed E-state index contributed by atoms with van der Waals surface area (Å²) in [4.78, 5) is 12.4. The molecule has 0 bridgehead atoms. The zero-order chi connectivity index (χ0) is 17.4. The molecule has 1 N–H and O–H groups in total. The molecular weight excluding hydrogens is 378 g/mol. The molecule has 1 heterocycles. The quantitative estimate of drug-likeness (QED) is 0.552. The van der Waals surface area contributed by atoms with Gasteiger partial charge in [-0.15, -0.1) is 0 Å². The third-order valence-corrected chi connectivity index (χ3v) is 5.85. The van der Waals surface area contributed by atoms with Crippen molar-refractivity contribution in [3.8, 4) is 0 Å². The molecule has 3 atom stereocenters. The molecular formula is C21H20BrNO2. The van der Waals surface area contributed by atoms with Crippen molar-refractivity contribution in [2.45, 2.75) is 25.3 Å². The van der Waals surface area contributed by atoms with E-state index in [0.717, 1.165) is 16.6 Å². The number of fused-ring (bicyclic) bond motifs is 3. The molecule has 2 aromatic carbocycles. The summed E-state index contributed by atoms with van der Waals surface area (Å²) < 4.78 is 6.36. The lowest BCUT2D eigenvalue weighted by Gasteiger charge is -2.38. The van der Waals surface area contributed by atoms with E-state index in [1.165, 1.54) is 11.1 Å². The number of nitrogens with one attached hydrogen (secondary N) is 1. The predicted octanol–water partition coefficient (Wildman–Crippen LogP) is 5.45. The second kappa shape index (κ2) is 6.68. The van der Waals surface area contributed by atoms with Gasteiger partial charge in [-0.25, -0.2) is 4.79 Å². The number of ether oxygens (including phenoxy) is 1. The number of para-hydroxylation sites is 1. The third-order valence-electron chi connectivity index (χ3n) is 5.13. The average Bonchev–Trinajstić information content (AvgIpc) is 3.11. The van der Waals surface area contributed by atoms with Gasteiger partial charge < -0.3 is 10.1 Å². The number of rotatable bonds is 3. The molecule has 0 radical (unpaired) electrons. The van der Waals surface area contributed by atoms with E-state index in [4.69, 9.17) is 4.74 Å². The minimum absolute atomic E-state index is 0.152. The van der Waals surface area contributed by atoms with E-state index in [1.807, 2.05) is 25.1 Å². The van der Waals surface area contributed by atoms with E-state index in [2.05, 4.69) is 57.7 Å². The molecule has 0 saturated heterocycles. The zero-order valence-corrected chi connectivity index (χ0v) is 15.6. The first-order valence-electron chi connectivity index (χ1n) is 8.68. The van der Waals surface area contributed by atoms with Crippen LogP contribution in [-0.2, 0) is 4.74 Å². The molecule has 0 fully saturated rings. The van der Waals surface area contributed by atoms with Crippen LogP contribution >= 0.6 is 15.9 Å².